The highest BCUT2D eigenvalue weighted by Gasteiger charge is 1.82. The van der Waals surface area contributed by atoms with Gasteiger partial charge in [-0.3, -0.25) is 0 Å². The van der Waals surface area contributed by atoms with Gasteiger partial charge in [-0.05, 0) is 31.1 Å². The molecule has 0 spiro atoms. The van der Waals surface area contributed by atoms with Crippen molar-refractivity contribution in [1.82, 2.24) is 0 Å². The molecule has 0 aliphatic rings. The molecule has 1 aromatic rings. The minimum atomic E-state index is 0.625. The number of allylic oxidation sites excluding steroid dienone is 1. The summed E-state index contributed by atoms with van der Waals surface area (Å²) in [5.41, 5.74) is 2.38. The van der Waals surface area contributed by atoms with Gasteiger partial charge in [0.15, 0.2) is 0 Å². The Morgan fingerprint density at radius 2 is 1.93 bits per heavy atom. The maximum absolute atomic E-state index is 5.27. The first-order valence-corrected chi connectivity index (χ1v) is 4.75. The first-order valence-electron chi connectivity index (χ1n) is 4.75. The number of hydrogen-bond donors (Lipinski definition) is 0. The quantitative estimate of drug-likeness (QED) is 0.517. The van der Waals surface area contributed by atoms with Crippen LogP contribution in [0.3, 0.4) is 0 Å². The van der Waals surface area contributed by atoms with E-state index in [4.69, 9.17) is 4.74 Å². The molecule has 1 heteroatoms. The Balaban J connectivity index is 2.32. The van der Waals surface area contributed by atoms with E-state index < -0.39 is 0 Å². The second kappa shape index (κ2) is 6.03. The van der Waals surface area contributed by atoms with Crippen LogP contribution in [-0.2, 0) is 4.74 Å². The molecule has 0 saturated carbocycles. The SMILES string of the molecule is CC(C)=COC/C=C/c1ccccc1. The van der Waals surface area contributed by atoms with Gasteiger partial charge in [-0.2, -0.15) is 0 Å². The molecular formula is C13H16O. The standard InChI is InChI=1S/C13H16O/c1-12(2)11-14-10-6-9-13-7-4-3-5-8-13/h3-9,11H,10H2,1-2H3/b9-6+. The zero-order valence-electron chi connectivity index (χ0n) is 8.73. The number of ether oxygens (including phenoxy) is 1. The lowest BCUT2D eigenvalue weighted by Crippen LogP contribution is -1.81. The molecule has 1 rings (SSSR count). The largest absolute Gasteiger partial charge is 0.497 e. The number of benzene rings is 1. The van der Waals surface area contributed by atoms with Gasteiger partial charge >= 0.3 is 0 Å². The summed E-state index contributed by atoms with van der Waals surface area (Å²) >= 11 is 0. The van der Waals surface area contributed by atoms with E-state index in [9.17, 15) is 0 Å². The summed E-state index contributed by atoms with van der Waals surface area (Å²) in [7, 11) is 0. The molecule has 0 heterocycles. The molecule has 1 aromatic carbocycles. The molecule has 0 aromatic heterocycles. The minimum absolute atomic E-state index is 0.625. The van der Waals surface area contributed by atoms with Crippen LogP contribution in [0.1, 0.15) is 19.4 Å². The topological polar surface area (TPSA) is 9.23 Å². The van der Waals surface area contributed by atoms with Crippen LogP contribution in [0.25, 0.3) is 6.08 Å². The summed E-state index contributed by atoms with van der Waals surface area (Å²) in [6.45, 7) is 4.65. The van der Waals surface area contributed by atoms with E-state index in [0.29, 0.717) is 6.61 Å². The molecular weight excluding hydrogens is 172 g/mol. The third-order valence-corrected chi connectivity index (χ3v) is 1.62. The Labute approximate surface area is 85.7 Å². The van der Waals surface area contributed by atoms with Crippen molar-refractivity contribution in [2.75, 3.05) is 6.61 Å². The second-order valence-electron chi connectivity index (χ2n) is 3.34. The number of hydrogen-bond acceptors (Lipinski definition) is 1. The van der Waals surface area contributed by atoms with Gasteiger partial charge in [0, 0.05) is 0 Å². The van der Waals surface area contributed by atoms with Crippen LogP contribution in [0.5, 0.6) is 0 Å². The lowest BCUT2D eigenvalue weighted by Gasteiger charge is -1.95. The lowest BCUT2D eigenvalue weighted by atomic mass is 10.2. The van der Waals surface area contributed by atoms with Gasteiger partial charge < -0.3 is 4.74 Å². The van der Waals surface area contributed by atoms with Gasteiger partial charge in [0.2, 0.25) is 0 Å². The van der Waals surface area contributed by atoms with E-state index in [-0.39, 0.29) is 0 Å². The molecule has 0 saturated heterocycles. The van der Waals surface area contributed by atoms with Gasteiger partial charge in [0.1, 0.15) is 6.61 Å². The van der Waals surface area contributed by atoms with Crippen LogP contribution < -0.4 is 0 Å². The van der Waals surface area contributed by atoms with Crippen molar-refractivity contribution in [3.63, 3.8) is 0 Å². The van der Waals surface area contributed by atoms with E-state index in [0.717, 1.165) is 0 Å². The Morgan fingerprint density at radius 3 is 2.57 bits per heavy atom. The fourth-order valence-corrected chi connectivity index (χ4v) is 1.02. The summed E-state index contributed by atoms with van der Waals surface area (Å²) in [5.74, 6) is 0. The maximum atomic E-state index is 5.27. The molecule has 0 atom stereocenters. The van der Waals surface area contributed by atoms with Gasteiger partial charge in [-0.25, -0.2) is 0 Å². The normalized spacial score (nSPS) is 10.1. The summed E-state index contributed by atoms with van der Waals surface area (Å²) in [6, 6.07) is 10.2. The molecule has 0 bridgehead atoms. The predicted molar refractivity (Wildman–Crippen MR) is 60.9 cm³/mol. The summed E-state index contributed by atoms with van der Waals surface area (Å²) in [4.78, 5) is 0. The second-order valence-corrected chi connectivity index (χ2v) is 3.34. The highest BCUT2D eigenvalue weighted by Crippen LogP contribution is 2.00. The molecule has 74 valence electrons. The lowest BCUT2D eigenvalue weighted by molar-refractivity contribution is 0.287. The Bertz CT molecular complexity index is 305. The highest BCUT2D eigenvalue weighted by molar-refractivity contribution is 5.48. The zero-order chi connectivity index (χ0) is 10.2. The van der Waals surface area contributed by atoms with Crippen molar-refractivity contribution in [2.24, 2.45) is 0 Å². The average molecular weight is 188 g/mol. The van der Waals surface area contributed by atoms with Crippen molar-refractivity contribution in [3.05, 3.63) is 53.8 Å². The zero-order valence-corrected chi connectivity index (χ0v) is 8.73. The van der Waals surface area contributed by atoms with Crippen molar-refractivity contribution in [1.29, 1.82) is 0 Å². The van der Waals surface area contributed by atoms with Crippen LogP contribution in [0, 0.1) is 0 Å². The molecule has 0 N–H and O–H groups in total. The monoisotopic (exact) mass is 188 g/mol. The summed E-state index contributed by atoms with van der Waals surface area (Å²) < 4.78 is 5.27. The summed E-state index contributed by atoms with van der Waals surface area (Å²) in [5, 5.41) is 0. The Morgan fingerprint density at radius 1 is 1.21 bits per heavy atom. The molecule has 0 fully saturated rings. The molecule has 1 nitrogen and oxygen atoms in total. The third kappa shape index (κ3) is 4.51. The molecule has 0 unspecified atom stereocenters. The van der Waals surface area contributed by atoms with Crippen molar-refractivity contribution in [2.45, 2.75) is 13.8 Å². The first-order chi connectivity index (χ1) is 6.79. The predicted octanol–water partition coefficient (Wildman–Crippen LogP) is 3.64. The van der Waals surface area contributed by atoms with Crippen LogP contribution in [0.2, 0.25) is 0 Å². The van der Waals surface area contributed by atoms with E-state index in [1.807, 2.05) is 38.1 Å². The van der Waals surface area contributed by atoms with Gasteiger partial charge in [-0.1, -0.05) is 36.4 Å². The molecule has 0 aliphatic carbocycles. The van der Waals surface area contributed by atoms with Crippen LogP contribution in [0.15, 0.2) is 48.2 Å². The Hall–Kier alpha value is -1.50. The van der Waals surface area contributed by atoms with E-state index in [1.165, 1.54) is 11.1 Å². The van der Waals surface area contributed by atoms with Crippen molar-refractivity contribution >= 4 is 6.08 Å². The van der Waals surface area contributed by atoms with Crippen LogP contribution >= 0.6 is 0 Å². The average Bonchev–Trinajstić information content (AvgIpc) is 2.18. The first kappa shape index (κ1) is 10.6. The fourth-order valence-electron chi connectivity index (χ4n) is 1.02. The minimum Gasteiger partial charge on any atom is -0.497 e. The van der Waals surface area contributed by atoms with Gasteiger partial charge in [0.05, 0.1) is 6.26 Å². The third-order valence-electron chi connectivity index (χ3n) is 1.62. The Kier molecular flexibility index (Phi) is 4.56. The molecule has 0 aliphatic heterocycles. The van der Waals surface area contributed by atoms with Gasteiger partial charge in [-0.15, -0.1) is 0 Å². The maximum Gasteiger partial charge on any atom is 0.106 e. The van der Waals surface area contributed by atoms with E-state index >= 15 is 0 Å². The van der Waals surface area contributed by atoms with Crippen molar-refractivity contribution < 1.29 is 4.74 Å². The molecule has 0 radical (unpaired) electrons. The van der Waals surface area contributed by atoms with Crippen LogP contribution in [0.4, 0.5) is 0 Å². The molecule has 0 amide bonds. The highest BCUT2D eigenvalue weighted by atomic mass is 16.5. The summed E-state index contributed by atoms with van der Waals surface area (Å²) in [6.07, 6.45) is 5.84. The van der Waals surface area contributed by atoms with E-state index in [1.54, 1.807) is 6.26 Å². The smallest absolute Gasteiger partial charge is 0.106 e. The van der Waals surface area contributed by atoms with Crippen molar-refractivity contribution in [3.8, 4) is 0 Å². The number of rotatable bonds is 4. The van der Waals surface area contributed by atoms with E-state index in [2.05, 4.69) is 18.2 Å². The fraction of sp³-hybridized carbons (Fsp3) is 0.231. The van der Waals surface area contributed by atoms with Gasteiger partial charge in [0.25, 0.3) is 0 Å². The molecule has 14 heavy (non-hydrogen) atoms. The van der Waals surface area contributed by atoms with Crippen LogP contribution in [-0.4, -0.2) is 6.61 Å².